The van der Waals surface area contributed by atoms with Crippen LogP contribution in [-0.4, -0.2) is 45.8 Å². The summed E-state index contributed by atoms with van der Waals surface area (Å²) in [4.78, 5) is 13.7. The predicted octanol–water partition coefficient (Wildman–Crippen LogP) is 1.34. The summed E-state index contributed by atoms with van der Waals surface area (Å²) in [6.07, 6.45) is 3.17. The largest absolute Gasteiger partial charge is 0.395 e. The Hall–Kier alpha value is -1.36. The number of unbranched alkanes of at least 4 members (excludes halogenated alkanes) is 2. The van der Waals surface area contributed by atoms with Crippen molar-refractivity contribution in [2.45, 2.75) is 33.1 Å². The van der Waals surface area contributed by atoms with E-state index in [1.807, 2.05) is 6.92 Å². The highest BCUT2D eigenvalue weighted by Crippen LogP contribution is 2.06. The maximum absolute atomic E-state index is 12.1. The molecule has 1 aromatic rings. The van der Waals surface area contributed by atoms with Crippen LogP contribution >= 0.6 is 0 Å². The maximum atomic E-state index is 12.1. The van der Waals surface area contributed by atoms with Gasteiger partial charge in [0, 0.05) is 18.8 Å². The summed E-state index contributed by atoms with van der Waals surface area (Å²) in [6, 6.07) is 1.73. The molecule has 1 aromatic heterocycles. The van der Waals surface area contributed by atoms with E-state index in [4.69, 9.17) is 5.11 Å². The van der Waals surface area contributed by atoms with Crippen LogP contribution in [0.2, 0.25) is 0 Å². The van der Waals surface area contributed by atoms with Crippen molar-refractivity contribution in [3.05, 3.63) is 17.5 Å². The Morgan fingerprint density at radius 1 is 1.47 bits per heavy atom. The molecular weight excluding hydrogens is 218 g/mol. The summed E-state index contributed by atoms with van der Waals surface area (Å²) in [5, 5.41) is 15.7. The number of amides is 1. The van der Waals surface area contributed by atoms with E-state index in [1.54, 1.807) is 11.0 Å². The van der Waals surface area contributed by atoms with E-state index in [9.17, 15) is 4.79 Å². The fourth-order valence-corrected chi connectivity index (χ4v) is 1.68. The third kappa shape index (κ3) is 4.19. The highest BCUT2D eigenvalue weighted by atomic mass is 16.3. The summed E-state index contributed by atoms with van der Waals surface area (Å²) >= 11 is 0. The lowest BCUT2D eigenvalue weighted by molar-refractivity contribution is 0.0712. The number of nitrogens with one attached hydrogen (secondary N) is 1. The number of nitrogens with zero attached hydrogens (tertiary/aromatic N) is 2. The van der Waals surface area contributed by atoms with Crippen LogP contribution in [0.4, 0.5) is 0 Å². The van der Waals surface area contributed by atoms with Crippen molar-refractivity contribution in [3.8, 4) is 0 Å². The first-order valence-electron chi connectivity index (χ1n) is 6.11. The number of aliphatic hydroxyl groups excluding tert-OH is 1. The molecule has 0 unspecified atom stereocenters. The Labute approximate surface area is 102 Å². The lowest BCUT2D eigenvalue weighted by Crippen LogP contribution is -2.34. The molecular formula is C12H21N3O2. The molecule has 0 aliphatic carbocycles. The molecule has 0 saturated heterocycles. The zero-order chi connectivity index (χ0) is 12.7. The lowest BCUT2D eigenvalue weighted by Gasteiger charge is -2.20. The molecule has 0 atom stereocenters. The number of aromatic amines is 1. The Balaban J connectivity index is 2.59. The molecule has 0 radical (unpaired) electrons. The van der Waals surface area contributed by atoms with Crippen molar-refractivity contribution in [1.82, 2.24) is 15.1 Å². The van der Waals surface area contributed by atoms with Gasteiger partial charge in [-0.25, -0.2) is 0 Å². The summed E-state index contributed by atoms with van der Waals surface area (Å²) in [6.45, 7) is 5.02. The average molecular weight is 239 g/mol. The number of carbonyl (C=O) groups excluding carboxylic acids is 1. The smallest absolute Gasteiger partial charge is 0.274 e. The fourth-order valence-electron chi connectivity index (χ4n) is 1.68. The van der Waals surface area contributed by atoms with E-state index in [0.717, 1.165) is 25.0 Å². The molecule has 96 valence electrons. The third-order valence-corrected chi connectivity index (χ3v) is 2.61. The fraction of sp³-hybridized carbons (Fsp3) is 0.667. The van der Waals surface area contributed by atoms with Gasteiger partial charge in [-0.1, -0.05) is 19.8 Å². The molecule has 1 amide bonds. The summed E-state index contributed by atoms with van der Waals surface area (Å²) in [7, 11) is 0. The first-order chi connectivity index (χ1) is 8.19. The molecule has 2 N–H and O–H groups in total. The second kappa shape index (κ2) is 7.06. The highest BCUT2D eigenvalue weighted by Gasteiger charge is 2.17. The molecule has 5 heteroatoms. The topological polar surface area (TPSA) is 69.2 Å². The van der Waals surface area contributed by atoms with E-state index in [1.165, 1.54) is 0 Å². The third-order valence-electron chi connectivity index (χ3n) is 2.61. The van der Waals surface area contributed by atoms with Gasteiger partial charge >= 0.3 is 0 Å². The average Bonchev–Trinajstić information content (AvgIpc) is 2.74. The van der Waals surface area contributed by atoms with Crippen molar-refractivity contribution in [2.75, 3.05) is 19.7 Å². The SMILES string of the molecule is CCCCCN(CCO)C(=O)c1cc(C)[nH]n1. The Morgan fingerprint density at radius 3 is 2.76 bits per heavy atom. The van der Waals surface area contributed by atoms with Crippen LogP contribution in [0.25, 0.3) is 0 Å². The van der Waals surface area contributed by atoms with Gasteiger partial charge in [-0.15, -0.1) is 0 Å². The van der Waals surface area contributed by atoms with Crippen LogP contribution in [0.5, 0.6) is 0 Å². The van der Waals surface area contributed by atoms with Crippen LogP contribution in [0.1, 0.15) is 42.4 Å². The standard InChI is InChI=1S/C12H21N3O2/c1-3-4-5-6-15(7-8-16)12(17)11-9-10(2)13-14-11/h9,16H,3-8H2,1-2H3,(H,13,14). The van der Waals surface area contributed by atoms with Gasteiger partial charge in [0.2, 0.25) is 0 Å². The molecule has 0 spiro atoms. The Morgan fingerprint density at radius 2 is 2.24 bits per heavy atom. The second-order valence-electron chi connectivity index (χ2n) is 4.16. The van der Waals surface area contributed by atoms with Gasteiger partial charge in [0.05, 0.1) is 6.61 Å². The van der Waals surface area contributed by atoms with Crippen LogP contribution in [0.3, 0.4) is 0 Å². The normalized spacial score (nSPS) is 10.5. The van der Waals surface area contributed by atoms with Crippen molar-refractivity contribution in [3.63, 3.8) is 0 Å². The van der Waals surface area contributed by atoms with Crippen molar-refractivity contribution in [1.29, 1.82) is 0 Å². The lowest BCUT2D eigenvalue weighted by atomic mass is 10.2. The maximum Gasteiger partial charge on any atom is 0.274 e. The van der Waals surface area contributed by atoms with E-state index in [2.05, 4.69) is 17.1 Å². The van der Waals surface area contributed by atoms with Crippen LogP contribution in [0, 0.1) is 6.92 Å². The van der Waals surface area contributed by atoms with Gasteiger partial charge in [0.1, 0.15) is 5.69 Å². The minimum absolute atomic E-state index is 0.0126. The molecule has 5 nitrogen and oxygen atoms in total. The monoisotopic (exact) mass is 239 g/mol. The van der Waals surface area contributed by atoms with Crippen molar-refractivity contribution in [2.24, 2.45) is 0 Å². The van der Waals surface area contributed by atoms with Gasteiger partial charge in [-0.05, 0) is 19.4 Å². The number of hydrogen-bond acceptors (Lipinski definition) is 3. The second-order valence-corrected chi connectivity index (χ2v) is 4.16. The first-order valence-corrected chi connectivity index (χ1v) is 6.11. The molecule has 0 fully saturated rings. The van der Waals surface area contributed by atoms with Crippen molar-refractivity contribution < 1.29 is 9.90 Å². The van der Waals surface area contributed by atoms with Crippen LogP contribution < -0.4 is 0 Å². The van der Waals surface area contributed by atoms with Gasteiger partial charge in [-0.3, -0.25) is 9.89 Å². The minimum Gasteiger partial charge on any atom is -0.395 e. The quantitative estimate of drug-likeness (QED) is 0.705. The zero-order valence-electron chi connectivity index (χ0n) is 10.6. The van der Waals surface area contributed by atoms with E-state index >= 15 is 0 Å². The Kier molecular flexibility index (Phi) is 5.69. The molecule has 0 aliphatic rings. The van der Waals surface area contributed by atoms with E-state index < -0.39 is 0 Å². The first kappa shape index (κ1) is 13.7. The van der Waals surface area contributed by atoms with E-state index in [-0.39, 0.29) is 12.5 Å². The number of carbonyl (C=O) groups is 1. The number of aromatic nitrogens is 2. The molecule has 0 bridgehead atoms. The number of H-pyrrole nitrogens is 1. The molecule has 0 saturated carbocycles. The number of rotatable bonds is 7. The molecule has 0 aromatic carbocycles. The highest BCUT2D eigenvalue weighted by molar-refractivity contribution is 5.92. The van der Waals surface area contributed by atoms with Crippen LogP contribution in [0.15, 0.2) is 6.07 Å². The summed E-state index contributed by atoms with van der Waals surface area (Å²) in [5.74, 6) is -0.112. The summed E-state index contributed by atoms with van der Waals surface area (Å²) in [5.41, 5.74) is 1.29. The van der Waals surface area contributed by atoms with Gasteiger partial charge in [0.15, 0.2) is 0 Å². The number of aryl methyl sites for hydroxylation is 1. The number of aliphatic hydroxyl groups is 1. The minimum atomic E-state index is -0.112. The van der Waals surface area contributed by atoms with Gasteiger partial charge in [-0.2, -0.15) is 5.10 Å². The van der Waals surface area contributed by atoms with Crippen molar-refractivity contribution >= 4 is 5.91 Å². The van der Waals surface area contributed by atoms with Crippen LogP contribution in [-0.2, 0) is 0 Å². The van der Waals surface area contributed by atoms with Gasteiger partial charge < -0.3 is 10.0 Å². The molecule has 1 heterocycles. The number of hydrogen-bond donors (Lipinski definition) is 2. The molecule has 1 rings (SSSR count). The summed E-state index contributed by atoms with van der Waals surface area (Å²) < 4.78 is 0. The molecule has 0 aliphatic heterocycles. The van der Waals surface area contributed by atoms with E-state index in [0.29, 0.717) is 18.8 Å². The zero-order valence-corrected chi connectivity index (χ0v) is 10.6. The predicted molar refractivity (Wildman–Crippen MR) is 65.8 cm³/mol. The molecule has 17 heavy (non-hydrogen) atoms. The Bertz CT molecular complexity index is 349. The van der Waals surface area contributed by atoms with Gasteiger partial charge in [0.25, 0.3) is 5.91 Å².